The van der Waals surface area contributed by atoms with Crippen LogP contribution in [0.15, 0.2) is 11.6 Å². The molecular formula is C8H16ClNO. The first-order chi connectivity index (χ1) is 5.22. The predicted octanol–water partition coefficient (Wildman–Crippen LogP) is 1.35. The molecule has 2 N–H and O–H groups in total. The number of nitrogens with one attached hydrogen (secondary N) is 1. The highest BCUT2D eigenvalue weighted by atomic mass is 35.5. The van der Waals surface area contributed by atoms with Crippen LogP contribution < -0.4 is 5.32 Å². The molecule has 2 nitrogen and oxygen atoms in total. The molecule has 0 saturated heterocycles. The van der Waals surface area contributed by atoms with E-state index in [1.807, 2.05) is 19.9 Å². The van der Waals surface area contributed by atoms with Crippen molar-refractivity contribution in [2.24, 2.45) is 5.92 Å². The Hall–Kier alpha value is -0.0500. The fourth-order valence-corrected chi connectivity index (χ4v) is 0.747. The van der Waals surface area contributed by atoms with E-state index < -0.39 is 0 Å². The molecule has 0 amide bonds. The van der Waals surface area contributed by atoms with Crippen molar-refractivity contribution < 1.29 is 5.11 Å². The lowest BCUT2D eigenvalue weighted by Gasteiger charge is -2.17. The molecule has 0 rings (SSSR count). The van der Waals surface area contributed by atoms with E-state index in [1.54, 1.807) is 0 Å². The molecule has 0 aromatic rings. The van der Waals surface area contributed by atoms with Crippen molar-refractivity contribution in [3.63, 3.8) is 0 Å². The summed E-state index contributed by atoms with van der Waals surface area (Å²) < 4.78 is 0. The molecule has 0 fully saturated rings. The lowest BCUT2D eigenvalue weighted by Crippen LogP contribution is -2.33. The maximum Gasteiger partial charge on any atom is 0.0471 e. The topological polar surface area (TPSA) is 32.3 Å². The minimum atomic E-state index is 0.221. The summed E-state index contributed by atoms with van der Waals surface area (Å²) in [5.74, 6) is 0.290. The van der Waals surface area contributed by atoms with E-state index >= 15 is 0 Å². The minimum absolute atomic E-state index is 0.221. The van der Waals surface area contributed by atoms with Gasteiger partial charge in [0.1, 0.15) is 0 Å². The van der Waals surface area contributed by atoms with Crippen molar-refractivity contribution in [2.75, 3.05) is 13.2 Å². The van der Waals surface area contributed by atoms with Gasteiger partial charge in [0.25, 0.3) is 0 Å². The Labute approximate surface area is 73.3 Å². The number of aliphatic hydroxyl groups is 1. The first kappa shape index (κ1) is 11.0. The molecule has 0 saturated carbocycles. The van der Waals surface area contributed by atoms with Crippen LogP contribution >= 0.6 is 11.6 Å². The first-order valence-corrected chi connectivity index (χ1v) is 4.25. The molecule has 2 unspecified atom stereocenters. The molecular weight excluding hydrogens is 162 g/mol. The maximum atomic E-state index is 8.78. The minimum Gasteiger partial charge on any atom is -0.396 e. The van der Waals surface area contributed by atoms with E-state index in [-0.39, 0.29) is 6.61 Å². The van der Waals surface area contributed by atoms with E-state index in [9.17, 15) is 0 Å². The number of rotatable bonds is 5. The van der Waals surface area contributed by atoms with Crippen molar-refractivity contribution in [1.82, 2.24) is 5.32 Å². The SMILES string of the molecule is CC(CO)C(C)NC/C=C/Cl. The molecule has 0 bridgehead atoms. The van der Waals surface area contributed by atoms with Crippen molar-refractivity contribution in [3.05, 3.63) is 11.6 Å². The van der Waals surface area contributed by atoms with E-state index in [0.29, 0.717) is 12.0 Å². The Morgan fingerprint density at radius 1 is 1.55 bits per heavy atom. The molecule has 2 atom stereocenters. The van der Waals surface area contributed by atoms with Crippen LogP contribution in [0.25, 0.3) is 0 Å². The molecule has 0 aromatic carbocycles. The second-order valence-electron chi connectivity index (χ2n) is 2.72. The average Bonchev–Trinajstić information content (AvgIpc) is 2.03. The van der Waals surface area contributed by atoms with Crippen LogP contribution in [0.5, 0.6) is 0 Å². The predicted molar refractivity (Wildman–Crippen MR) is 48.7 cm³/mol. The summed E-state index contributed by atoms with van der Waals surface area (Å²) in [7, 11) is 0. The van der Waals surface area contributed by atoms with E-state index in [1.165, 1.54) is 5.54 Å². The zero-order chi connectivity index (χ0) is 8.69. The van der Waals surface area contributed by atoms with Gasteiger partial charge in [-0.15, -0.1) is 0 Å². The zero-order valence-corrected chi connectivity index (χ0v) is 7.80. The Morgan fingerprint density at radius 3 is 2.64 bits per heavy atom. The second kappa shape index (κ2) is 6.65. The molecule has 0 aliphatic rings. The van der Waals surface area contributed by atoms with Gasteiger partial charge in [-0.1, -0.05) is 24.6 Å². The largest absolute Gasteiger partial charge is 0.396 e. The van der Waals surface area contributed by atoms with Gasteiger partial charge in [0.15, 0.2) is 0 Å². The van der Waals surface area contributed by atoms with Gasteiger partial charge in [0.05, 0.1) is 0 Å². The first-order valence-electron chi connectivity index (χ1n) is 3.81. The van der Waals surface area contributed by atoms with E-state index in [2.05, 4.69) is 5.32 Å². The molecule has 0 aromatic heterocycles. The number of aliphatic hydroxyl groups excluding tert-OH is 1. The smallest absolute Gasteiger partial charge is 0.0471 e. The van der Waals surface area contributed by atoms with Crippen molar-refractivity contribution in [2.45, 2.75) is 19.9 Å². The lowest BCUT2D eigenvalue weighted by atomic mass is 10.1. The fraction of sp³-hybridized carbons (Fsp3) is 0.750. The standard InChI is InChI=1S/C8H16ClNO/c1-7(6-11)8(2)10-5-3-4-9/h3-4,7-8,10-11H,5-6H2,1-2H3/b4-3+. The Balaban J connectivity index is 3.43. The summed E-state index contributed by atoms with van der Waals surface area (Å²) in [6, 6.07) is 0.327. The van der Waals surface area contributed by atoms with Gasteiger partial charge in [0.2, 0.25) is 0 Å². The molecule has 0 aliphatic heterocycles. The number of halogens is 1. The van der Waals surface area contributed by atoms with Crippen LogP contribution in [-0.2, 0) is 0 Å². The van der Waals surface area contributed by atoms with Crippen LogP contribution in [0.2, 0.25) is 0 Å². The van der Waals surface area contributed by atoms with Crippen molar-refractivity contribution in [1.29, 1.82) is 0 Å². The van der Waals surface area contributed by atoms with Gasteiger partial charge in [-0.3, -0.25) is 0 Å². The molecule has 0 radical (unpaired) electrons. The summed E-state index contributed by atoms with van der Waals surface area (Å²) in [4.78, 5) is 0. The summed E-state index contributed by atoms with van der Waals surface area (Å²) in [5.41, 5.74) is 1.49. The number of hydrogen-bond acceptors (Lipinski definition) is 2. The highest BCUT2D eigenvalue weighted by Gasteiger charge is 2.08. The summed E-state index contributed by atoms with van der Waals surface area (Å²) in [5, 5.41) is 12.0. The van der Waals surface area contributed by atoms with E-state index in [0.717, 1.165) is 6.54 Å². The highest BCUT2D eigenvalue weighted by Crippen LogP contribution is 1.99. The van der Waals surface area contributed by atoms with Gasteiger partial charge in [-0.2, -0.15) is 0 Å². The average molecular weight is 178 g/mol. The maximum absolute atomic E-state index is 8.78. The third-order valence-corrected chi connectivity index (χ3v) is 1.97. The molecule has 0 aliphatic carbocycles. The van der Waals surface area contributed by atoms with Gasteiger partial charge in [-0.25, -0.2) is 0 Å². The molecule has 3 heteroatoms. The van der Waals surface area contributed by atoms with Gasteiger partial charge < -0.3 is 10.4 Å². The normalized spacial score (nSPS) is 17.1. The lowest BCUT2D eigenvalue weighted by molar-refractivity contribution is 0.209. The van der Waals surface area contributed by atoms with Crippen molar-refractivity contribution in [3.8, 4) is 0 Å². The van der Waals surface area contributed by atoms with E-state index in [4.69, 9.17) is 16.7 Å². The summed E-state index contributed by atoms with van der Waals surface area (Å²) in [6.07, 6.45) is 1.84. The van der Waals surface area contributed by atoms with Crippen LogP contribution in [0, 0.1) is 5.92 Å². The van der Waals surface area contributed by atoms with Crippen LogP contribution in [0.4, 0.5) is 0 Å². The Bertz CT molecular complexity index is 117. The van der Waals surface area contributed by atoms with Crippen LogP contribution in [0.3, 0.4) is 0 Å². The Kier molecular flexibility index (Phi) is 6.62. The van der Waals surface area contributed by atoms with Gasteiger partial charge in [-0.05, 0) is 12.8 Å². The molecule has 0 spiro atoms. The van der Waals surface area contributed by atoms with Crippen LogP contribution in [-0.4, -0.2) is 24.3 Å². The summed E-state index contributed by atoms with van der Waals surface area (Å²) in [6.45, 7) is 5.03. The summed E-state index contributed by atoms with van der Waals surface area (Å²) >= 11 is 5.33. The third-order valence-electron chi connectivity index (χ3n) is 1.79. The third kappa shape index (κ3) is 5.24. The van der Waals surface area contributed by atoms with Crippen LogP contribution in [0.1, 0.15) is 13.8 Å². The second-order valence-corrected chi connectivity index (χ2v) is 2.97. The molecule has 0 heterocycles. The van der Waals surface area contributed by atoms with Gasteiger partial charge in [0, 0.05) is 24.7 Å². The monoisotopic (exact) mass is 177 g/mol. The highest BCUT2D eigenvalue weighted by molar-refractivity contribution is 6.25. The Morgan fingerprint density at radius 2 is 2.18 bits per heavy atom. The quantitative estimate of drug-likeness (QED) is 0.665. The van der Waals surface area contributed by atoms with Gasteiger partial charge >= 0.3 is 0 Å². The van der Waals surface area contributed by atoms with Crippen molar-refractivity contribution >= 4 is 11.6 Å². The fourth-order valence-electron chi connectivity index (χ4n) is 0.658. The number of hydrogen-bond donors (Lipinski definition) is 2. The molecule has 11 heavy (non-hydrogen) atoms. The molecule has 66 valence electrons. The zero-order valence-electron chi connectivity index (χ0n) is 7.05.